The highest BCUT2D eigenvalue weighted by molar-refractivity contribution is 5.42. The molecule has 0 radical (unpaired) electrons. The van der Waals surface area contributed by atoms with Gasteiger partial charge in [0.1, 0.15) is 11.6 Å². The van der Waals surface area contributed by atoms with Gasteiger partial charge in [-0.3, -0.25) is 0 Å². The SMILES string of the molecule is COCc1cc(F)cc(OC)c1CC#N. The number of hydrogen-bond donors (Lipinski definition) is 0. The first kappa shape index (κ1) is 11.5. The topological polar surface area (TPSA) is 42.2 Å². The number of methoxy groups -OCH3 is 2. The van der Waals surface area contributed by atoms with Crippen molar-refractivity contribution in [3.05, 3.63) is 29.1 Å². The van der Waals surface area contributed by atoms with Gasteiger partial charge in [0, 0.05) is 18.7 Å². The van der Waals surface area contributed by atoms with E-state index in [2.05, 4.69) is 0 Å². The molecule has 0 saturated heterocycles. The van der Waals surface area contributed by atoms with Gasteiger partial charge in [-0.15, -0.1) is 0 Å². The summed E-state index contributed by atoms with van der Waals surface area (Å²) < 4.78 is 23.1. The minimum atomic E-state index is -0.388. The highest BCUT2D eigenvalue weighted by Gasteiger charge is 2.11. The van der Waals surface area contributed by atoms with Gasteiger partial charge in [0.15, 0.2) is 0 Å². The molecule has 0 unspecified atom stereocenters. The summed E-state index contributed by atoms with van der Waals surface area (Å²) in [4.78, 5) is 0. The van der Waals surface area contributed by atoms with Crippen LogP contribution in [0.2, 0.25) is 0 Å². The Kier molecular flexibility index (Phi) is 4.07. The first-order chi connectivity index (χ1) is 7.22. The first-order valence-corrected chi connectivity index (χ1v) is 4.44. The van der Waals surface area contributed by atoms with E-state index in [1.54, 1.807) is 0 Å². The average molecular weight is 209 g/mol. The molecule has 0 fully saturated rings. The van der Waals surface area contributed by atoms with Crippen molar-refractivity contribution in [2.45, 2.75) is 13.0 Å². The summed E-state index contributed by atoms with van der Waals surface area (Å²) in [6.07, 6.45) is 0.183. The molecule has 0 aliphatic carbocycles. The van der Waals surface area contributed by atoms with Crippen molar-refractivity contribution in [1.29, 1.82) is 5.26 Å². The van der Waals surface area contributed by atoms with Crippen molar-refractivity contribution < 1.29 is 13.9 Å². The van der Waals surface area contributed by atoms with Gasteiger partial charge in [0.25, 0.3) is 0 Å². The third kappa shape index (κ3) is 2.67. The summed E-state index contributed by atoms with van der Waals surface area (Å²) in [6, 6.07) is 4.65. The summed E-state index contributed by atoms with van der Waals surface area (Å²) >= 11 is 0. The molecule has 3 nitrogen and oxygen atoms in total. The molecule has 0 amide bonds. The van der Waals surface area contributed by atoms with Gasteiger partial charge < -0.3 is 9.47 Å². The van der Waals surface area contributed by atoms with Crippen LogP contribution in [0.15, 0.2) is 12.1 Å². The lowest BCUT2D eigenvalue weighted by atomic mass is 10.0. The molecular formula is C11H12FNO2. The number of benzene rings is 1. The zero-order chi connectivity index (χ0) is 11.3. The standard InChI is InChI=1S/C11H12FNO2/c1-14-7-8-5-9(12)6-11(15-2)10(8)3-4-13/h5-6H,3,7H2,1-2H3. The third-order valence-electron chi connectivity index (χ3n) is 2.04. The van der Waals surface area contributed by atoms with Gasteiger partial charge in [-0.05, 0) is 11.6 Å². The van der Waals surface area contributed by atoms with Gasteiger partial charge in [0.05, 0.1) is 26.2 Å². The Morgan fingerprint density at radius 3 is 2.67 bits per heavy atom. The molecule has 0 aliphatic rings. The zero-order valence-corrected chi connectivity index (χ0v) is 8.71. The Hall–Kier alpha value is -1.60. The Bertz CT molecular complexity index is 385. The van der Waals surface area contributed by atoms with Crippen LogP contribution in [0.1, 0.15) is 11.1 Å². The quantitative estimate of drug-likeness (QED) is 0.762. The smallest absolute Gasteiger partial charge is 0.127 e. The van der Waals surface area contributed by atoms with Gasteiger partial charge in [0.2, 0.25) is 0 Å². The first-order valence-electron chi connectivity index (χ1n) is 4.44. The molecule has 1 rings (SSSR count). The van der Waals surface area contributed by atoms with Crippen LogP contribution in [0.5, 0.6) is 5.75 Å². The van der Waals surface area contributed by atoms with Gasteiger partial charge in [-0.1, -0.05) is 0 Å². The van der Waals surface area contributed by atoms with Crippen LogP contribution >= 0.6 is 0 Å². The number of nitriles is 1. The van der Waals surface area contributed by atoms with E-state index in [-0.39, 0.29) is 18.8 Å². The van der Waals surface area contributed by atoms with Gasteiger partial charge in [-0.2, -0.15) is 5.26 Å². The molecule has 1 aromatic carbocycles. The molecule has 1 aromatic rings. The van der Waals surface area contributed by atoms with E-state index in [1.807, 2.05) is 6.07 Å². The van der Waals surface area contributed by atoms with Crippen LogP contribution in [0.3, 0.4) is 0 Å². The molecule has 0 N–H and O–H groups in total. The highest BCUT2D eigenvalue weighted by Crippen LogP contribution is 2.25. The lowest BCUT2D eigenvalue weighted by Crippen LogP contribution is -2.00. The largest absolute Gasteiger partial charge is 0.496 e. The predicted octanol–water partition coefficient (Wildman–Crippen LogP) is 2.05. The fourth-order valence-electron chi connectivity index (χ4n) is 1.41. The van der Waals surface area contributed by atoms with E-state index >= 15 is 0 Å². The van der Waals surface area contributed by atoms with Crippen LogP contribution in [-0.2, 0) is 17.8 Å². The maximum atomic E-state index is 13.1. The molecule has 0 saturated carbocycles. The minimum Gasteiger partial charge on any atom is -0.496 e. The fourth-order valence-corrected chi connectivity index (χ4v) is 1.41. The summed E-state index contributed by atoms with van der Waals surface area (Å²) in [5, 5.41) is 8.66. The summed E-state index contributed by atoms with van der Waals surface area (Å²) in [5.74, 6) is 0.00388. The second-order valence-corrected chi connectivity index (χ2v) is 3.01. The normalized spacial score (nSPS) is 9.73. The van der Waals surface area contributed by atoms with Crippen LogP contribution < -0.4 is 4.74 Å². The Balaban J connectivity index is 3.21. The van der Waals surface area contributed by atoms with E-state index in [9.17, 15) is 4.39 Å². The highest BCUT2D eigenvalue weighted by atomic mass is 19.1. The van der Waals surface area contributed by atoms with E-state index in [1.165, 1.54) is 26.4 Å². The Labute approximate surface area is 88.0 Å². The number of halogens is 1. The van der Waals surface area contributed by atoms with Crippen LogP contribution in [0.25, 0.3) is 0 Å². The number of hydrogen-bond acceptors (Lipinski definition) is 3. The number of ether oxygens (including phenoxy) is 2. The van der Waals surface area contributed by atoms with Crippen LogP contribution in [-0.4, -0.2) is 14.2 Å². The fraction of sp³-hybridized carbons (Fsp3) is 0.364. The monoisotopic (exact) mass is 209 g/mol. The maximum Gasteiger partial charge on any atom is 0.127 e. The lowest BCUT2D eigenvalue weighted by Gasteiger charge is -2.11. The molecule has 0 heterocycles. The Morgan fingerprint density at radius 2 is 2.13 bits per heavy atom. The number of rotatable bonds is 4. The van der Waals surface area contributed by atoms with E-state index in [4.69, 9.17) is 14.7 Å². The second-order valence-electron chi connectivity index (χ2n) is 3.01. The zero-order valence-electron chi connectivity index (χ0n) is 8.71. The van der Waals surface area contributed by atoms with Crippen molar-refractivity contribution in [3.8, 4) is 11.8 Å². The minimum absolute atomic E-state index is 0.183. The lowest BCUT2D eigenvalue weighted by molar-refractivity contribution is 0.183. The van der Waals surface area contributed by atoms with Gasteiger partial charge >= 0.3 is 0 Å². The molecular weight excluding hydrogens is 197 g/mol. The molecule has 0 aliphatic heterocycles. The molecule has 0 spiro atoms. The molecule has 0 bridgehead atoms. The summed E-state index contributed by atoms with van der Waals surface area (Å²) in [7, 11) is 2.97. The van der Waals surface area contributed by atoms with E-state index in [0.29, 0.717) is 16.9 Å². The molecule has 0 atom stereocenters. The van der Waals surface area contributed by atoms with E-state index < -0.39 is 0 Å². The van der Waals surface area contributed by atoms with Crippen LogP contribution in [0, 0.1) is 17.1 Å². The second kappa shape index (κ2) is 5.32. The molecule has 15 heavy (non-hydrogen) atoms. The van der Waals surface area contributed by atoms with Crippen molar-refractivity contribution in [3.63, 3.8) is 0 Å². The average Bonchev–Trinajstić information content (AvgIpc) is 2.22. The van der Waals surface area contributed by atoms with Crippen molar-refractivity contribution in [1.82, 2.24) is 0 Å². The van der Waals surface area contributed by atoms with E-state index in [0.717, 1.165) is 0 Å². The van der Waals surface area contributed by atoms with Crippen molar-refractivity contribution in [2.75, 3.05) is 14.2 Å². The van der Waals surface area contributed by atoms with Crippen molar-refractivity contribution >= 4 is 0 Å². The number of nitrogens with zero attached hydrogens (tertiary/aromatic N) is 1. The van der Waals surface area contributed by atoms with Crippen LogP contribution in [0.4, 0.5) is 4.39 Å². The summed E-state index contributed by atoms with van der Waals surface area (Å²) in [5.41, 5.74) is 1.33. The molecule has 80 valence electrons. The van der Waals surface area contributed by atoms with Gasteiger partial charge in [-0.25, -0.2) is 4.39 Å². The molecule has 0 aromatic heterocycles. The molecule has 4 heteroatoms. The predicted molar refractivity (Wildman–Crippen MR) is 53.0 cm³/mol. The third-order valence-corrected chi connectivity index (χ3v) is 2.04. The van der Waals surface area contributed by atoms with Crippen molar-refractivity contribution in [2.24, 2.45) is 0 Å². The summed E-state index contributed by atoms with van der Waals surface area (Å²) in [6.45, 7) is 0.269. The maximum absolute atomic E-state index is 13.1. The Morgan fingerprint density at radius 1 is 1.40 bits per heavy atom.